The topological polar surface area (TPSA) is 175 Å². The molecule has 28 heavy (non-hydrogen) atoms. The SMILES string of the molecule is O=C(O)c1cc(C(=O)O)c2c(n1)C(=O)C(=O)c1cc(C(=O)O)[nH]c1-2.[NaH].[NaH].[NaH].[NaH]. The van der Waals surface area contributed by atoms with Crippen LogP contribution in [0.5, 0.6) is 0 Å². The maximum absolute atomic E-state index is 12.1. The zero-order valence-corrected chi connectivity index (χ0v) is 11.5. The van der Waals surface area contributed by atoms with Gasteiger partial charge < -0.3 is 20.3 Å². The molecule has 2 heterocycles. The molecule has 0 radical (unpaired) electrons. The van der Waals surface area contributed by atoms with Gasteiger partial charge in [-0.1, -0.05) is 0 Å². The Kier molecular flexibility index (Phi) is 12.5. The van der Waals surface area contributed by atoms with E-state index < -0.39 is 52.1 Å². The van der Waals surface area contributed by atoms with E-state index in [1.54, 1.807) is 0 Å². The van der Waals surface area contributed by atoms with E-state index in [1.807, 2.05) is 0 Å². The molecule has 0 saturated carbocycles. The standard InChI is InChI=1S/C14H6N2O8.4Na.4H/c17-10-4-2-6(14(23)24)15-8(4)7-3(12(19)20)1-5(13(21)22)16-9(7)11(10)18;;;;;;;;/h1-2,15H,(H,19,20)(H,21,22)(H,23,24);;;;;;;;. The number of carbonyl (C=O) groups excluding carboxylic acids is 2. The zero-order valence-electron chi connectivity index (χ0n) is 11.5. The van der Waals surface area contributed by atoms with Crippen molar-refractivity contribution < 1.29 is 39.3 Å². The van der Waals surface area contributed by atoms with Crippen LogP contribution < -0.4 is 0 Å². The first-order chi connectivity index (χ1) is 11.2. The molecule has 4 N–H and O–H groups in total. The number of aromatic nitrogens is 2. The molecule has 2 aromatic heterocycles. The summed E-state index contributed by atoms with van der Waals surface area (Å²) in [5.41, 5.74) is -3.21. The molecule has 2 aromatic rings. The molecule has 3 rings (SSSR count). The van der Waals surface area contributed by atoms with Crippen molar-refractivity contribution in [1.82, 2.24) is 9.97 Å². The van der Waals surface area contributed by atoms with Gasteiger partial charge in [0.2, 0.25) is 5.78 Å². The van der Waals surface area contributed by atoms with Crippen LogP contribution in [0, 0.1) is 0 Å². The minimum atomic E-state index is -1.58. The molecule has 0 atom stereocenters. The van der Waals surface area contributed by atoms with Crippen LogP contribution in [-0.2, 0) is 0 Å². The summed E-state index contributed by atoms with van der Waals surface area (Å²) in [7, 11) is 0. The van der Waals surface area contributed by atoms with Gasteiger partial charge in [-0.15, -0.1) is 0 Å². The first-order valence-corrected chi connectivity index (χ1v) is 6.29. The average molecular weight is 426 g/mol. The number of aromatic carboxylic acids is 3. The van der Waals surface area contributed by atoms with Crippen molar-refractivity contribution in [3.05, 3.63) is 40.3 Å². The van der Waals surface area contributed by atoms with Gasteiger partial charge in [-0.05, 0) is 12.1 Å². The fourth-order valence-electron chi connectivity index (χ4n) is 2.42. The number of hydrogen-bond acceptors (Lipinski definition) is 6. The van der Waals surface area contributed by atoms with Crippen LogP contribution in [0.25, 0.3) is 11.3 Å². The Morgan fingerprint density at radius 1 is 0.821 bits per heavy atom. The Labute approximate surface area is 245 Å². The number of nitrogens with zero attached hydrogens (tertiary/aromatic N) is 1. The van der Waals surface area contributed by atoms with E-state index >= 15 is 0 Å². The van der Waals surface area contributed by atoms with Crippen LogP contribution in [-0.4, -0.2) is 173 Å². The number of ketones is 2. The van der Waals surface area contributed by atoms with Crippen LogP contribution in [0.3, 0.4) is 0 Å². The summed E-state index contributed by atoms with van der Waals surface area (Å²) in [5, 5.41) is 27.3. The first kappa shape index (κ1) is 30.4. The molecule has 128 valence electrons. The van der Waals surface area contributed by atoms with Crippen molar-refractivity contribution >= 4 is 148 Å². The Balaban J connectivity index is 0. The second kappa shape index (κ2) is 11.5. The van der Waals surface area contributed by atoms with Crippen molar-refractivity contribution in [3.8, 4) is 11.3 Å². The Morgan fingerprint density at radius 3 is 1.86 bits per heavy atom. The van der Waals surface area contributed by atoms with E-state index in [0.29, 0.717) is 0 Å². The van der Waals surface area contributed by atoms with Gasteiger partial charge in [-0.2, -0.15) is 0 Å². The molecule has 1 aliphatic rings. The molecule has 0 spiro atoms. The van der Waals surface area contributed by atoms with Crippen LogP contribution in [0.15, 0.2) is 12.1 Å². The Hall–Kier alpha value is 0.180. The fourth-order valence-corrected chi connectivity index (χ4v) is 2.42. The Morgan fingerprint density at radius 2 is 1.39 bits per heavy atom. The van der Waals surface area contributed by atoms with Gasteiger partial charge >= 0.3 is 136 Å². The summed E-state index contributed by atoms with van der Waals surface area (Å²) in [4.78, 5) is 63.7. The van der Waals surface area contributed by atoms with Crippen molar-refractivity contribution in [1.29, 1.82) is 0 Å². The van der Waals surface area contributed by atoms with Crippen LogP contribution in [0.1, 0.15) is 52.2 Å². The van der Waals surface area contributed by atoms with Gasteiger partial charge in [-0.25, -0.2) is 19.4 Å². The second-order valence-electron chi connectivity index (χ2n) is 4.82. The van der Waals surface area contributed by atoms with E-state index in [1.165, 1.54) is 0 Å². The predicted octanol–water partition coefficient (Wildman–Crippen LogP) is -2.04. The molecule has 0 fully saturated rings. The van der Waals surface area contributed by atoms with Gasteiger partial charge in [0, 0.05) is 5.56 Å². The second-order valence-corrected chi connectivity index (χ2v) is 4.82. The molecule has 0 aliphatic heterocycles. The molecule has 1 aliphatic carbocycles. The number of carboxylic acid groups (broad SMARTS) is 3. The molecule has 0 bridgehead atoms. The summed E-state index contributed by atoms with van der Waals surface area (Å²) in [6, 6.07) is 1.65. The third-order valence-corrected chi connectivity index (χ3v) is 3.43. The van der Waals surface area contributed by atoms with Crippen molar-refractivity contribution in [3.63, 3.8) is 0 Å². The molecular formula is C14H10N2Na4O8. The van der Waals surface area contributed by atoms with Crippen LogP contribution in [0.4, 0.5) is 0 Å². The first-order valence-electron chi connectivity index (χ1n) is 6.29. The van der Waals surface area contributed by atoms with Crippen molar-refractivity contribution in [2.24, 2.45) is 0 Å². The summed E-state index contributed by atoms with van der Waals surface area (Å²) >= 11 is 0. The molecule has 0 unspecified atom stereocenters. The number of nitrogens with one attached hydrogen (secondary N) is 1. The summed E-state index contributed by atoms with van der Waals surface area (Å²) < 4.78 is 0. The van der Waals surface area contributed by atoms with Crippen LogP contribution >= 0.6 is 0 Å². The van der Waals surface area contributed by atoms with E-state index in [-0.39, 0.29) is 135 Å². The van der Waals surface area contributed by atoms with Gasteiger partial charge in [0.15, 0.2) is 0 Å². The summed E-state index contributed by atoms with van der Waals surface area (Å²) in [6.45, 7) is 0. The van der Waals surface area contributed by atoms with Gasteiger partial charge in [0.1, 0.15) is 17.1 Å². The number of Topliss-reactive ketones (excluding diaryl/α,β-unsaturated/α-hetero) is 2. The van der Waals surface area contributed by atoms with E-state index in [9.17, 15) is 29.1 Å². The summed E-state index contributed by atoms with van der Waals surface area (Å²) in [6.07, 6.45) is 0. The molecule has 0 amide bonds. The zero-order chi connectivity index (χ0) is 17.8. The minimum absolute atomic E-state index is 0. The molecule has 10 nitrogen and oxygen atoms in total. The van der Waals surface area contributed by atoms with E-state index in [4.69, 9.17) is 10.2 Å². The number of carboxylic acids is 3. The third kappa shape index (κ3) is 5.26. The molecule has 0 saturated heterocycles. The number of rotatable bonds is 3. The molecule has 0 aromatic carbocycles. The van der Waals surface area contributed by atoms with Crippen LogP contribution in [0.2, 0.25) is 0 Å². The number of H-pyrrole nitrogens is 1. The van der Waals surface area contributed by atoms with Gasteiger partial charge in [-0.3, -0.25) is 9.59 Å². The number of carbonyl (C=O) groups is 5. The summed E-state index contributed by atoms with van der Waals surface area (Å²) in [5.74, 6) is -6.87. The normalized spacial score (nSPS) is 10.7. The van der Waals surface area contributed by atoms with Gasteiger partial charge in [0.05, 0.1) is 16.8 Å². The maximum atomic E-state index is 12.1. The number of aromatic amines is 1. The number of pyridine rings is 1. The average Bonchev–Trinajstić information content (AvgIpc) is 2.96. The molecule has 14 heteroatoms. The monoisotopic (exact) mass is 426 g/mol. The van der Waals surface area contributed by atoms with E-state index in [2.05, 4.69) is 9.97 Å². The van der Waals surface area contributed by atoms with Crippen molar-refractivity contribution in [2.75, 3.05) is 0 Å². The molecular weight excluding hydrogens is 416 g/mol. The third-order valence-electron chi connectivity index (χ3n) is 3.43. The van der Waals surface area contributed by atoms with E-state index in [0.717, 1.165) is 12.1 Å². The predicted molar refractivity (Wildman–Crippen MR) is 102 cm³/mol. The number of hydrogen-bond donors (Lipinski definition) is 4. The number of fused-ring (bicyclic) bond motifs is 3. The Bertz CT molecular complexity index is 1000. The van der Waals surface area contributed by atoms with Gasteiger partial charge in [0.25, 0.3) is 5.78 Å². The van der Waals surface area contributed by atoms with Crippen molar-refractivity contribution in [2.45, 2.75) is 0 Å². The quantitative estimate of drug-likeness (QED) is 0.318. The fraction of sp³-hybridized carbons (Fsp3) is 0.